The first-order chi connectivity index (χ1) is 19.1. The fourth-order valence-corrected chi connectivity index (χ4v) is 3.81. The van der Waals surface area contributed by atoms with E-state index in [4.69, 9.17) is 28.7 Å². The number of aliphatic carboxylic acids is 1. The second kappa shape index (κ2) is 19.3. The lowest BCUT2D eigenvalue weighted by Gasteiger charge is -2.25. The van der Waals surface area contributed by atoms with Crippen molar-refractivity contribution in [1.29, 1.82) is 0 Å². The van der Waals surface area contributed by atoms with E-state index in [0.29, 0.717) is 57.4 Å². The van der Waals surface area contributed by atoms with Crippen LogP contribution in [0, 0.1) is 0 Å². The number of nitrogens with zero attached hydrogens (tertiary/aromatic N) is 2. The Morgan fingerprint density at radius 3 is 1.88 bits per heavy atom. The summed E-state index contributed by atoms with van der Waals surface area (Å²) in [5.41, 5.74) is 28.3. The van der Waals surface area contributed by atoms with Crippen molar-refractivity contribution in [2.45, 2.75) is 82.0 Å². The van der Waals surface area contributed by atoms with Crippen LogP contribution in [0.15, 0.2) is 17.5 Å². The number of amides is 3. The van der Waals surface area contributed by atoms with Crippen LogP contribution in [0.1, 0.15) is 57.1 Å². The molecule has 0 radical (unpaired) electrons. The SMILES string of the molecule is NCCCC[C@H](NC(=O)[C@H](CCCCN)NC(=O)[C@@H](N)CCCN=C(N)N)C(=O)N[C@@H](Cc1cnc[nH]1)C(=O)O. The number of H-pyrrole nitrogens is 1. The average Bonchev–Trinajstić information content (AvgIpc) is 3.42. The second-order valence-electron chi connectivity index (χ2n) is 9.43. The molecule has 1 aromatic heterocycles. The van der Waals surface area contributed by atoms with Crippen molar-refractivity contribution in [1.82, 2.24) is 25.9 Å². The maximum atomic E-state index is 13.3. The molecular formula is C24H45N11O5. The van der Waals surface area contributed by atoms with Gasteiger partial charge in [0, 0.05) is 24.9 Å². The van der Waals surface area contributed by atoms with Crippen LogP contribution in [0.4, 0.5) is 0 Å². The van der Waals surface area contributed by atoms with E-state index in [2.05, 4.69) is 30.9 Å². The van der Waals surface area contributed by atoms with Crippen LogP contribution in [0.2, 0.25) is 0 Å². The Morgan fingerprint density at radius 2 is 1.40 bits per heavy atom. The topological polar surface area (TPSA) is 296 Å². The fourth-order valence-electron chi connectivity index (χ4n) is 3.81. The maximum Gasteiger partial charge on any atom is 0.326 e. The molecule has 0 aliphatic heterocycles. The molecule has 1 heterocycles. The molecule has 16 nitrogen and oxygen atoms in total. The number of carbonyl (C=O) groups is 4. The summed E-state index contributed by atoms with van der Waals surface area (Å²) < 4.78 is 0. The van der Waals surface area contributed by atoms with Crippen LogP contribution in [0.25, 0.3) is 0 Å². The summed E-state index contributed by atoms with van der Waals surface area (Å²) in [6.07, 6.45) is 6.36. The van der Waals surface area contributed by atoms with Crippen molar-refractivity contribution in [2.24, 2.45) is 33.7 Å². The third kappa shape index (κ3) is 13.9. The van der Waals surface area contributed by atoms with E-state index in [1.807, 2.05) is 0 Å². The van der Waals surface area contributed by atoms with Gasteiger partial charge in [0.25, 0.3) is 0 Å². The molecule has 4 atom stereocenters. The first kappa shape index (κ1) is 34.3. The number of aromatic nitrogens is 2. The molecule has 0 saturated carbocycles. The molecule has 0 bridgehead atoms. The van der Waals surface area contributed by atoms with Crippen molar-refractivity contribution >= 4 is 29.7 Å². The summed E-state index contributed by atoms with van der Waals surface area (Å²) in [6.45, 7) is 1.10. The Balaban J connectivity index is 2.93. The van der Waals surface area contributed by atoms with Gasteiger partial charge in [-0.1, -0.05) is 0 Å². The second-order valence-corrected chi connectivity index (χ2v) is 9.43. The highest BCUT2D eigenvalue weighted by atomic mass is 16.4. The predicted octanol–water partition coefficient (Wildman–Crippen LogP) is -2.87. The highest BCUT2D eigenvalue weighted by molar-refractivity contribution is 5.94. The summed E-state index contributed by atoms with van der Waals surface area (Å²) >= 11 is 0. The third-order valence-electron chi connectivity index (χ3n) is 6.06. The van der Waals surface area contributed by atoms with Gasteiger partial charge in [0.2, 0.25) is 17.7 Å². The summed E-state index contributed by atoms with van der Waals surface area (Å²) in [6, 6.07) is -4.18. The first-order valence-corrected chi connectivity index (χ1v) is 13.4. The van der Waals surface area contributed by atoms with Gasteiger partial charge in [-0.2, -0.15) is 0 Å². The van der Waals surface area contributed by atoms with Crippen LogP contribution in [-0.4, -0.2) is 88.5 Å². The van der Waals surface area contributed by atoms with Gasteiger partial charge in [-0.3, -0.25) is 19.4 Å². The quantitative estimate of drug-likeness (QED) is 0.0409. The molecule has 0 aliphatic rings. The lowest BCUT2D eigenvalue weighted by molar-refractivity contribution is -0.142. The minimum atomic E-state index is -1.25. The van der Waals surface area contributed by atoms with Crippen LogP contribution < -0.4 is 44.6 Å². The number of aromatic amines is 1. The Morgan fingerprint density at radius 1 is 0.850 bits per heavy atom. The lowest BCUT2D eigenvalue weighted by Crippen LogP contribution is -2.57. The van der Waals surface area contributed by atoms with Crippen LogP contribution in [-0.2, 0) is 25.6 Å². The highest BCUT2D eigenvalue weighted by Gasteiger charge is 2.30. The lowest BCUT2D eigenvalue weighted by atomic mass is 10.0. The van der Waals surface area contributed by atoms with Gasteiger partial charge in [-0.15, -0.1) is 0 Å². The number of imidazole rings is 1. The fraction of sp³-hybridized carbons (Fsp3) is 0.667. The van der Waals surface area contributed by atoms with Crippen molar-refractivity contribution in [3.63, 3.8) is 0 Å². The molecule has 0 aliphatic carbocycles. The van der Waals surface area contributed by atoms with Gasteiger partial charge in [-0.05, 0) is 64.5 Å². The summed E-state index contributed by atoms with van der Waals surface area (Å²) in [7, 11) is 0. The van der Waals surface area contributed by atoms with Gasteiger partial charge in [0.15, 0.2) is 5.96 Å². The molecule has 0 saturated heterocycles. The number of hydrogen-bond acceptors (Lipinski definition) is 9. The third-order valence-corrected chi connectivity index (χ3v) is 6.06. The van der Waals surface area contributed by atoms with Crippen molar-refractivity contribution in [2.75, 3.05) is 19.6 Å². The van der Waals surface area contributed by atoms with Crippen molar-refractivity contribution < 1.29 is 24.3 Å². The number of guanidine groups is 1. The standard InChI is InChI=1S/C24H45N11O5/c25-9-3-1-7-17(33-20(36)16(27)6-5-11-31-24(28)29)21(37)34-18(8-2-4-10-26)22(38)35-19(23(39)40)12-15-13-30-14-32-15/h13-14,16-19H,1-12,25-27H2,(H,30,32)(H,33,36)(H,34,37)(H,35,38)(H,39,40)(H4,28,29,31)/t16-,17-,18-,19-/m0/s1. The Kier molecular flexibility index (Phi) is 16.6. The van der Waals surface area contributed by atoms with Crippen LogP contribution in [0.5, 0.6) is 0 Å². The molecule has 0 unspecified atom stereocenters. The molecule has 1 aromatic rings. The molecule has 0 aromatic carbocycles. The Bertz CT molecular complexity index is 938. The molecule has 0 fully saturated rings. The number of aliphatic imine (C=N–C) groups is 1. The van der Waals surface area contributed by atoms with Crippen molar-refractivity contribution in [3.05, 3.63) is 18.2 Å². The van der Waals surface area contributed by atoms with Gasteiger partial charge in [0.1, 0.15) is 18.1 Å². The number of carboxylic acid groups (broad SMARTS) is 1. The highest BCUT2D eigenvalue weighted by Crippen LogP contribution is 2.08. The van der Waals surface area contributed by atoms with E-state index < -0.39 is 47.9 Å². The van der Waals surface area contributed by atoms with E-state index in [1.165, 1.54) is 12.5 Å². The number of hydrogen-bond donors (Lipinski definition) is 10. The summed E-state index contributed by atoms with van der Waals surface area (Å²) in [4.78, 5) is 61.4. The maximum absolute atomic E-state index is 13.3. The molecule has 15 N–H and O–H groups in total. The monoisotopic (exact) mass is 567 g/mol. The first-order valence-electron chi connectivity index (χ1n) is 13.4. The Labute approximate surface area is 233 Å². The molecular weight excluding hydrogens is 522 g/mol. The van der Waals surface area contributed by atoms with Crippen molar-refractivity contribution in [3.8, 4) is 0 Å². The normalized spacial score (nSPS) is 13.9. The van der Waals surface area contributed by atoms with E-state index in [1.54, 1.807) is 0 Å². The minimum Gasteiger partial charge on any atom is -0.480 e. The molecule has 40 heavy (non-hydrogen) atoms. The zero-order valence-corrected chi connectivity index (χ0v) is 22.8. The molecule has 226 valence electrons. The number of nitrogens with two attached hydrogens (primary N) is 5. The molecule has 16 heteroatoms. The smallest absolute Gasteiger partial charge is 0.326 e. The number of nitrogens with one attached hydrogen (secondary N) is 4. The van der Waals surface area contributed by atoms with Gasteiger partial charge in [-0.25, -0.2) is 9.78 Å². The largest absolute Gasteiger partial charge is 0.480 e. The summed E-state index contributed by atoms with van der Waals surface area (Å²) in [5, 5.41) is 17.5. The van der Waals surface area contributed by atoms with Crippen LogP contribution >= 0.6 is 0 Å². The number of unbranched alkanes of at least 4 members (excludes halogenated alkanes) is 2. The van der Waals surface area contributed by atoms with E-state index in [-0.39, 0.29) is 31.6 Å². The van der Waals surface area contributed by atoms with E-state index in [0.717, 1.165) is 0 Å². The number of carbonyl (C=O) groups excluding carboxylic acids is 3. The number of carboxylic acids is 1. The summed E-state index contributed by atoms with van der Waals surface area (Å²) in [5.74, 6) is -3.09. The van der Waals surface area contributed by atoms with Gasteiger partial charge >= 0.3 is 5.97 Å². The van der Waals surface area contributed by atoms with E-state index >= 15 is 0 Å². The predicted molar refractivity (Wildman–Crippen MR) is 149 cm³/mol. The van der Waals surface area contributed by atoms with Gasteiger partial charge < -0.3 is 54.7 Å². The number of rotatable bonds is 21. The zero-order chi connectivity index (χ0) is 29.9. The van der Waals surface area contributed by atoms with Gasteiger partial charge in [0.05, 0.1) is 12.4 Å². The average molecular weight is 568 g/mol. The zero-order valence-electron chi connectivity index (χ0n) is 22.8. The molecule has 1 rings (SSSR count). The Hall–Kier alpha value is -3.76. The van der Waals surface area contributed by atoms with Crippen LogP contribution in [0.3, 0.4) is 0 Å². The minimum absolute atomic E-state index is 0.0244. The van der Waals surface area contributed by atoms with E-state index in [9.17, 15) is 24.3 Å². The molecule has 3 amide bonds. The molecule has 0 spiro atoms.